The molecule has 0 aliphatic carbocycles. The van der Waals surface area contributed by atoms with Crippen molar-refractivity contribution in [3.63, 3.8) is 0 Å². The first kappa shape index (κ1) is 16.4. The molecule has 3 aromatic rings. The van der Waals surface area contributed by atoms with Crippen LogP contribution >= 0.6 is 27.3 Å². The third-order valence-electron chi connectivity index (χ3n) is 4.30. The highest BCUT2D eigenvalue weighted by Crippen LogP contribution is 2.33. The standard InChI is InChI=1S/C19H16BrN3OS/c20-14-7-5-9-17-13(14)6-2-4-11-23(17)19(24)16-12-25-18(22-16)15-8-1-3-10-21-15/h1,3,5,7-10,12H,2,4,6,11H2. The molecule has 2 aromatic heterocycles. The summed E-state index contributed by atoms with van der Waals surface area (Å²) in [6, 6.07) is 11.7. The Morgan fingerprint density at radius 1 is 1.16 bits per heavy atom. The van der Waals surface area contributed by atoms with E-state index in [1.165, 1.54) is 16.9 Å². The van der Waals surface area contributed by atoms with Crippen LogP contribution < -0.4 is 4.90 Å². The number of rotatable bonds is 2. The number of carbonyl (C=O) groups excluding carboxylic acids is 1. The van der Waals surface area contributed by atoms with E-state index in [0.29, 0.717) is 5.69 Å². The van der Waals surface area contributed by atoms with E-state index in [9.17, 15) is 4.79 Å². The molecule has 0 bridgehead atoms. The lowest BCUT2D eigenvalue weighted by molar-refractivity contribution is 0.0983. The number of aromatic nitrogens is 2. The van der Waals surface area contributed by atoms with E-state index in [4.69, 9.17) is 0 Å². The van der Waals surface area contributed by atoms with Crippen LogP contribution in [0.5, 0.6) is 0 Å². The van der Waals surface area contributed by atoms with E-state index < -0.39 is 0 Å². The summed E-state index contributed by atoms with van der Waals surface area (Å²) in [4.78, 5) is 23.8. The second-order valence-corrected chi connectivity index (χ2v) is 7.62. The molecule has 1 amide bonds. The van der Waals surface area contributed by atoms with Gasteiger partial charge in [-0.15, -0.1) is 11.3 Å². The molecule has 4 rings (SSSR count). The Balaban J connectivity index is 1.68. The minimum absolute atomic E-state index is 0.0420. The van der Waals surface area contributed by atoms with Gasteiger partial charge in [0.15, 0.2) is 0 Å². The molecule has 1 aliphatic heterocycles. The summed E-state index contributed by atoms with van der Waals surface area (Å²) in [5, 5.41) is 2.60. The summed E-state index contributed by atoms with van der Waals surface area (Å²) in [6.07, 6.45) is 4.79. The SMILES string of the molecule is O=C(c1csc(-c2ccccn2)n1)N1CCCCc2c(Br)cccc21. The fourth-order valence-corrected chi connectivity index (χ4v) is 4.39. The lowest BCUT2D eigenvalue weighted by atomic mass is 10.1. The minimum Gasteiger partial charge on any atom is -0.307 e. The van der Waals surface area contributed by atoms with Crippen LogP contribution in [0.2, 0.25) is 0 Å². The Morgan fingerprint density at radius 2 is 2.08 bits per heavy atom. The van der Waals surface area contributed by atoms with Gasteiger partial charge in [-0.25, -0.2) is 4.98 Å². The molecule has 0 spiro atoms. The first-order valence-electron chi connectivity index (χ1n) is 8.20. The highest BCUT2D eigenvalue weighted by molar-refractivity contribution is 9.10. The summed E-state index contributed by atoms with van der Waals surface area (Å²) in [5.41, 5.74) is 3.47. The van der Waals surface area contributed by atoms with Crippen LogP contribution in [0.3, 0.4) is 0 Å². The van der Waals surface area contributed by atoms with Crippen LogP contribution in [-0.2, 0) is 6.42 Å². The van der Waals surface area contributed by atoms with Gasteiger partial charge in [0.25, 0.3) is 5.91 Å². The van der Waals surface area contributed by atoms with Crippen molar-refractivity contribution < 1.29 is 4.79 Å². The van der Waals surface area contributed by atoms with E-state index in [0.717, 1.165) is 46.7 Å². The lowest BCUT2D eigenvalue weighted by Crippen LogP contribution is -2.32. The first-order valence-corrected chi connectivity index (χ1v) is 9.87. The number of carbonyl (C=O) groups is 1. The monoisotopic (exact) mass is 413 g/mol. The van der Waals surface area contributed by atoms with Crippen molar-refractivity contribution >= 4 is 38.9 Å². The van der Waals surface area contributed by atoms with E-state index in [1.54, 1.807) is 6.20 Å². The van der Waals surface area contributed by atoms with E-state index >= 15 is 0 Å². The molecule has 25 heavy (non-hydrogen) atoms. The van der Waals surface area contributed by atoms with Gasteiger partial charge in [-0.05, 0) is 49.1 Å². The molecule has 4 nitrogen and oxygen atoms in total. The summed E-state index contributed by atoms with van der Waals surface area (Å²) in [6.45, 7) is 0.721. The second kappa shape index (κ2) is 7.06. The zero-order valence-electron chi connectivity index (χ0n) is 13.5. The molecule has 0 N–H and O–H groups in total. The topological polar surface area (TPSA) is 46.1 Å². The Bertz CT molecular complexity index is 910. The number of halogens is 1. The lowest BCUT2D eigenvalue weighted by Gasteiger charge is -2.22. The Labute approximate surface area is 158 Å². The summed E-state index contributed by atoms with van der Waals surface area (Å²) < 4.78 is 1.07. The number of hydrogen-bond donors (Lipinski definition) is 0. The second-order valence-electron chi connectivity index (χ2n) is 5.90. The highest BCUT2D eigenvalue weighted by atomic mass is 79.9. The Kier molecular flexibility index (Phi) is 4.63. The molecule has 0 unspecified atom stereocenters. The van der Waals surface area contributed by atoms with Gasteiger partial charge in [0.05, 0.1) is 5.69 Å². The Hall–Kier alpha value is -2.05. The fourth-order valence-electron chi connectivity index (χ4n) is 3.07. The van der Waals surface area contributed by atoms with Crippen molar-refractivity contribution in [2.24, 2.45) is 0 Å². The average Bonchev–Trinajstić information content (AvgIpc) is 3.03. The van der Waals surface area contributed by atoms with Gasteiger partial charge in [-0.3, -0.25) is 9.78 Å². The summed E-state index contributed by atoms with van der Waals surface area (Å²) in [7, 11) is 0. The molecule has 1 aliphatic rings. The molecule has 0 atom stereocenters. The number of hydrogen-bond acceptors (Lipinski definition) is 4. The predicted octanol–water partition coefficient (Wildman–Crippen LogP) is 4.95. The average molecular weight is 414 g/mol. The fraction of sp³-hybridized carbons (Fsp3) is 0.211. The summed E-state index contributed by atoms with van der Waals surface area (Å²) in [5.74, 6) is -0.0420. The molecule has 0 saturated carbocycles. The van der Waals surface area contributed by atoms with Gasteiger partial charge in [0.1, 0.15) is 10.7 Å². The van der Waals surface area contributed by atoms with Crippen LogP contribution in [0, 0.1) is 0 Å². The van der Waals surface area contributed by atoms with E-state index in [2.05, 4.69) is 25.9 Å². The maximum atomic E-state index is 13.1. The number of pyridine rings is 1. The van der Waals surface area contributed by atoms with Crippen molar-refractivity contribution in [1.29, 1.82) is 0 Å². The molecule has 126 valence electrons. The van der Waals surface area contributed by atoms with Gasteiger partial charge in [0, 0.05) is 28.3 Å². The number of amides is 1. The quantitative estimate of drug-likeness (QED) is 0.596. The maximum absolute atomic E-state index is 13.1. The number of fused-ring (bicyclic) bond motifs is 1. The number of benzene rings is 1. The van der Waals surface area contributed by atoms with Crippen LogP contribution in [0.25, 0.3) is 10.7 Å². The van der Waals surface area contributed by atoms with Crippen LogP contribution in [0.15, 0.2) is 52.4 Å². The molecule has 3 heterocycles. The van der Waals surface area contributed by atoms with Crippen molar-refractivity contribution in [1.82, 2.24) is 9.97 Å². The van der Waals surface area contributed by atoms with E-state index in [1.807, 2.05) is 46.7 Å². The number of nitrogens with zero attached hydrogens (tertiary/aromatic N) is 3. The third kappa shape index (κ3) is 3.24. The number of thiazole rings is 1. The Morgan fingerprint density at radius 3 is 2.92 bits per heavy atom. The zero-order valence-corrected chi connectivity index (χ0v) is 15.9. The van der Waals surface area contributed by atoms with Gasteiger partial charge < -0.3 is 4.90 Å². The zero-order chi connectivity index (χ0) is 17.2. The third-order valence-corrected chi connectivity index (χ3v) is 5.90. The molecule has 0 radical (unpaired) electrons. The van der Waals surface area contributed by atoms with Gasteiger partial charge in [-0.1, -0.05) is 28.1 Å². The van der Waals surface area contributed by atoms with Crippen molar-refractivity contribution in [2.75, 3.05) is 11.4 Å². The minimum atomic E-state index is -0.0420. The molecular formula is C19H16BrN3OS. The van der Waals surface area contributed by atoms with Crippen LogP contribution in [0.4, 0.5) is 5.69 Å². The van der Waals surface area contributed by atoms with Crippen LogP contribution in [0.1, 0.15) is 28.9 Å². The highest BCUT2D eigenvalue weighted by Gasteiger charge is 2.25. The normalized spacial score (nSPS) is 14.0. The largest absolute Gasteiger partial charge is 0.307 e. The van der Waals surface area contributed by atoms with Gasteiger partial charge >= 0.3 is 0 Å². The first-order chi connectivity index (χ1) is 12.2. The smallest absolute Gasteiger partial charge is 0.277 e. The van der Waals surface area contributed by atoms with Gasteiger partial charge in [0.2, 0.25) is 0 Å². The molecular weight excluding hydrogens is 398 g/mol. The van der Waals surface area contributed by atoms with Crippen molar-refractivity contribution in [3.8, 4) is 10.7 Å². The van der Waals surface area contributed by atoms with Gasteiger partial charge in [-0.2, -0.15) is 0 Å². The van der Waals surface area contributed by atoms with Crippen molar-refractivity contribution in [2.45, 2.75) is 19.3 Å². The van der Waals surface area contributed by atoms with Crippen LogP contribution in [-0.4, -0.2) is 22.4 Å². The summed E-state index contributed by atoms with van der Waals surface area (Å²) >= 11 is 5.08. The molecule has 0 fully saturated rings. The van der Waals surface area contributed by atoms with Crippen molar-refractivity contribution in [3.05, 3.63) is 63.7 Å². The molecule has 6 heteroatoms. The van der Waals surface area contributed by atoms with E-state index in [-0.39, 0.29) is 5.91 Å². The predicted molar refractivity (Wildman–Crippen MR) is 104 cm³/mol. The molecule has 1 aromatic carbocycles. The maximum Gasteiger partial charge on any atom is 0.277 e. The number of anilines is 1. The molecule has 0 saturated heterocycles.